The lowest BCUT2D eigenvalue weighted by atomic mass is 10.1. The predicted molar refractivity (Wildman–Crippen MR) is 134 cm³/mol. The largest absolute Gasteiger partial charge is 0.308 e. The van der Waals surface area contributed by atoms with Gasteiger partial charge in [-0.3, -0.25) is 9.69 Å². The molecule has 31 heavy (non-hydrogen) atoms. The zero-order valence-corrected chi connectivity index (χ0v) is 20.8. The van der Waals surface area contributed by atoms with Gasteiger partial charge in [-0.25, -0.2) is 9.37 Å². The summed E-state index contributed by atoms with van der Waals surface area (Å²) in [5.74, 6) is 0.689. The van der Waals surface area contributed by atoms with E-state index >= 15 is 0 Å². The van der Waals surface area contributed by atoms with Gasteiger partial charge in [0.15, 0.2) is 5.13 Å². The van der Waals surface area contributed by atoms with Gasteiger partial charge in [0.2, 0.25) is 5.91 Å². The number of thioether (sulfide) groups is 1. The Hall–Kier alpha value is -1.67. The minimum absolute atomic E-state index is 0. The predicted octanol–water partition coefficient (Wildman–Crippen LogP) is 5.94. The molecule has 0 aliphatic rings. The van der Waals surface area contributed by atoms with Gasteiger partial charge in [-0.15, -0.1) is 24.2 Å². The molecule has 1 aromatic heterocycles. The first-order chi connectivity index (χ1) is 14.3. The third kappa shape index (κ3) is 7.17. The number of aryl methyl sites for hydroxylation is 2. The standard InChI is InChI=1S/C23H28FN3OS2.ClH/c1-16-14-17(2)22-20(15-16)30-23(25-22)27(12-11-26(3)4)21(28)6-5-13-29-19-9-7-18(24)8-10-19;/h7-10,14-15H,5-6,11-13H2,1-4H3;1H. The lowest BCUT2D eigenvalue weighted by molar-refractivity contribution is -0.118. The summed E-state index contributed by atoms with van der Waals surface area (Å²) in [6.07, 6.45) is 1.23. The minimum Gasteiger partial charge on any atom is -0.308 e. The molecule has 0 saturated heterocycles. The Morgan fingerprint density at radius 2 is 1.84 bits per heavy atom. The van der Waals surface area contributed by atoms with Crippen molar-refractivity contribution < 1.29 is 9.18 Å². The molecular formula is C23H29ClFN3OS2. The number of likely N-dealkylation sites (N-methyl/N-ethyl adjacent to an activating group) is 1. The summed E-state index contributed by atoms with van der Waals surface area (Å²) in [5.41, 5.74) is 3.33. The number of fused-ring (bicyclic) bond motifs is 1. The Morgan fingerprint density at radius 3 is 2.52 bits per heavy atom. The Labute approximate surface area is 198 Å². The number of hydrogen-bond donors (Lipinski definition) is 0. The Kier molecular flexibility index (Phi) is 9.75. The topological polar surface area (TPSA) is 36.4 Å². The number of rotatable bonds is 9. The highest BCUT2D eigenvalue weighted by Crippen LogP contribution is 2.32. The molecule has 0 aliphatic carbocycles. The number of amides is 1. The zero-order valence-electron chi connectivity index (χ0n) is 18.4. The fourth-order valence-electron chi connectivity index (χ4n) is 3.18. The van der Waals surface area contributed by atoms with Crippen LogP contribution >= 0.6 is 35.5 Å². The second-order valence-corrected chi connectivity index (χ2v) is 9.86. The van der Waals surface area contributed by atoms with Crippen molar-refractivity contribution in [2.75, 3.05) is 37.8 Å². The molecule has 0 aliphatic heterocycles. The molecule has 0 fully saturated rings. The van der Waals surface area contributed by atoms with E-state index in [1.807, 2.05) is 19.0 Å². The number of thiazole rings is 1. The van der Waals surface area contributed by atoms with Crippen LogP contribution in [0.15, 0.2) is 41.3 Å². The SMILES string of the molecule is Cc1cc(C)c2nc(N(CCN(C)C)C(=O)CCCSc3ccc(F)cc3)sc2c1.Cl. The quantitative estimate of drug-likeness (QED) is 0.280. The number of aromatic nitrogens is 1. The summed E-state index contributed by atoms with van der Waals surface area (Å²) in [7, 11) is 4.02. The fraction of sp³-hybridized carbons (Fsp3) is 0.391. The van der Waals surface area contributed by atoms with Crippen LogP contribution in [0.3, 0.4) is 0 Å². The number of anilines is 1. The van der Waals surface area contributed by atoms with E-state index in [1.165, 1.54) is 17.7 Å². The molecule has 0 spiro atoms. The van der Waals surface area contributed by atoms with Crippen LogP contribution in [0.2, 0.25) is 0 Å². The Morgan fingerprint density at radius 1 is 1.13 bits per heavy atom. The summed E-state index contributed by atoms with van der Waals surface area (Å²) >= 11 is 3.23. The second kappa shape index (κ2) is 11.8. The van der Waals surface area contributed by atoms with Crippen LogP contribution in [0.1, 0.15) is 24.0 Å². The molecule has 1 heterocycles. The van der Waals surface area contributed by atoms with Crippen LogP contribution in [0.5, 0.6) is 0 Å². The van der Waals surface area contributed by atoms with Crippen molar-refractivity contribution in [2.45, 2.75) is 31.6 Å². The maximum Gasteiger partial charge on any atom is 0.228 e. The van der Waals surface area contributed by atoms with Crippen LogP contribution in [-0.4, -0.2) is 48.7 Å². The van der Waals surface area contributed by atoms with E-state index in [2.05, 4.69) is 30.9 Å². The number of carbonyl (C=O) groups excluding carboxylic acids is 1. The minimum atomic E-state index is -0.229. The van der Waals surface area contributed by atoms with Gasteiger partial charge in [0.1, 0.15) is 5.82 Å². The average Bonchev–Trinajstić information content (AvgIpc) is 3.10. The zero-order chi connectivity index (χ0) is 21.7. The Balaban J connectivity index is 0.00000341. The van der Waals surface area contributed by atoms with Gasteiger partial charge in [-0.05, 0) is 81.6 Å². The normalized spacial score (nSPS) is 11.0. The highest BCUT2D eigenvalue weighted by atomic mass is 35.5. The molecule has 2 aromatic carbocycles. The molecule has 3 rings (SSSR count). The van der Waals surface area contributed by atoms with E-state index in [0.717, 1.165) is 44.5 Å². The van der Waals surface area contributed by atoms with E-state index in [9.17, 15) is 9.18 Å². The van der Waals surface area contributed by atoms with Crippen molar-refractivity contribution in [3.05, 3.63) is 53.3 Å². The van der Waals surface area contributed by atoms with E-state index in [0.29, 0.717) is 13.0 Å². The van der Waals surface area contributed by atoms with Gasteiger partial charge in [0.05, 0.1) is 10.2 Å². The molecule has 0 unspecified atom stereocenters. The number of benzene rings is 2. The van der Waals surface area contributed by atoms with Crippen LogP contribution in [0.4, 0.5) is 9.52 Å². The highest BCUT2D eigenvalue weighted by Gasteiger charge is 2.20. The van der Waals surface area contributed by atoms with Gasteiger partial charge in [-0.2, -0.15) is 0 Å². The lowest BCUT2D eigenvalue weighted by Crippen LogP contribution is -2.36. The smallest absolute Gasteiger partial charge is 0.228 e. The molecule has 0 bridgehead atoms. The molecule has 3 aromatic rings. The summed E-state index contributed by atoms with van der Waals surface area (Å²) < 4.78 is 14.1. The molecule has 0 saturated carbocycles. The third-order valence-electron chi connectivity index (χ3n) is 4.74. The average molecular weight is 482 g/mol. The number of hydrogen-bond acceptors (Lipinski definition) is 5. The van der Waals surface area contributed by atoms with Crippen molar-refractivity contribution in [1.29, 1.82) is 0 Å². The maximum atomic E-state index is 13.1. The van der Waals surface area contributed by atoms with Crippen molar-refractivity contribution >= 4 is 56.8 Å². The highest BCUT2D eigenvalue weighted by molar-refractivity contribution is 7.99. The van der Waals surface area contributed by atoms with Crippen LogP contribution in [-0.2, 0) is 4.79 Å². The fourth-order valence-corrected chi connectivity index (χ4v) is 5.22. The first kappa shape index (κ1) is 25.6. The van der Waals surface area contributed by atoms with Crippen molar-refractivity contribution in [3.63, 3.8) is 0 Å². The van der Waals surface area contributed by atoms with Crippen molar-refractivity contribution in [1.82, 2.24) is 9.88 Å². The molecule has 4 nitrogen and oxygen atoms in total. The van der Waals surface area contributed by atoms with Gasteiger partial charge < -0.3 is 4.90 Å². The summed E-state index contributed by atoms with van der Waals surface area (Å²) in [5, 5.41) is 0.775. The van der Waals surface area contributed by atoms with E-state index in [1.54, 1.807) is 35.2 Å². The van der Waals surface area contributed by atoms with E-state index in [4.69, 9.17) is 4.98 Å². The van der Waals surface area contributed by atoms with Crippen LogP contribution in [0, 0.1) is 19.7 Å². The first-order valence-electron chi connectivity index (χ1n) is 10.0. The third-order valence-corrected chi connectivity index (χ3v) is 6.86. The number of halogens is 2. The lowest BCUT2D eigenvalue weighted by Gasteiger charge is -2.22. The van der Waals surface area contributed by atoms with Gasteiger partial charge >= 0.3 is 0 Å². The first-order valence-corrected chi connectivity index (χ1v) is 11.8. The van der Waals surface area contributed by atoms with Crippen molar-refractivity contribution in [2.24, 2.45) is 0 Å². The van der Waals surface area contributed by atoms with Gasteiger partial charge in [0.25, 0.3) is 0 Å². The monoisotopic (exact) mass is 481 g/mol. The van der Waals surface area contributed by atoms with Crippen LogP contribution < -0.4 is 4.90 Å². The molecular weight excluding hydrogens is 453 g/mol. The van der Waals surface area contributed by atoms with Crippen molar-refractivity contribution in [3.8, 4) is 0 Å². The second-order valence-electron chi connectivity index (χ2n) is 7.68. The van der Waals surface area contributed by atoms with Gasteiger partial charge in [0, 0.05) is 24.4 Å². The number of nitrogens with zero attached hydrogens (tertiary/aromatic N) is 3. The van der Waals surface area contributed by atoms with Gasteiger partial charge in [-0.1, -0.05) is 17.4 Å². The molecule has 8 heteroatoms. The summed E-state index contributed by atoms with van der Waals surface area (Å²) in [6, 6.07) is 10.7. The summed E-state index contributed by atoms with van der Waals surface area (Å²) in [4.78, 5) is 22.8. The maximum absolute atomic E-state index is 13.1. The molecule has 168 valence electrons. The molecule has 0 radical (unpaired) electrons. The summed E-state index contributed by atoms with van der Waals surface area (Å²) in [6.45, 7) is 5.55. The van der Waals surface area contributed by atoms with Crippen LogP contribution in [0.25, 0.3) is 10.2 Å². The Bertz CT molecular complexity index is 1010. The van der Waals surface area contributed by atoms with E-state index < -0.39 is 0 Å². The molecule has 1 amide bonds. The molecule has 0 atom stereocenters. The molecule has 0 N–H and O–H groups in total. The number of carbonyl (C=O) groups is 1. The van der Waals surface area contributed by atoms with E-state index in [-0.39, 0.29) is 24.1 Å².